The van der Waals surface area contributed by atoms with Gasteiger partial charge in [-0.25, -0.2) is 9.97 Å². The molecule has 0 unspecified atom stereocenters. The standard InChI is InChI=1S/C13H18N2O/c1-10(2)11-3-5-13(16,6-4-11)12-7-14-9-15-8-12/h7-9,11,16H,1,3-6H2,2H3. The number of aromatic nitrogens is 2. The highest BCUT2D eigenvalue weighted by molar-refractivity contribution is 5.16. The van der Waals surface area contributed by atoms with Gasteiger partial charge in [-0.2, -0.15) is 0 Å². The number of nitrogens with zero attached hydrogens (tertiary/aromatic N) is 2. The molecule has 86 valence electrons. The van der Waals surface area contributed by atoms with Crippen LogP contribution in [0.1, 0.15) is 38.2 Å². The quantitative estimate of drug-likeness (QED) is 0.775. The maximum absolute atomic E-state index is 10.5. The van der Waals surface area contributed by atoms with Gasteiger partial charge >= 0.3 is 0 Å². The van der Waals surface area contributed by atoms with Gasteiger partial charge in [0.25, 0.3) is 0 Å². The van der Waals surface area contributed by atoms with E-state index in [4.69, 9.17) is 0 Å². The van der Waals surface area contributed by atoms with Crippen molar-refractivity contribution in [3.63, 3.8) is 0 Å². The van der Waals surface area contributed by atoms with Crippen molar-refractivity contribution in [2.24, 2.45) is 5.92 Å². The predicted octanol–water partition coefficient (Wildman–Crippen LogP) is 2.43. The molecule has 0 radical (unpaired) electrons. The van der Waals surface area contributed by atoms with Crippen molar-refractivity contribution in [2.45, 2.75) is 38.2 Å². The van der Waals surface area contributed by atoms with Crippen molar-refractivity contribution in [2.75, 3.05) is 0 Å². The summed E-state index contributed by atoms with van der Waals surface area (Å²) in [7, 11) is 0. The maximum atomic E-state index is 10.5. The van der Waals surface area contributed by atoms with Gasteiger partial charge in [0, 0.05) is 18.0 Å². The third-order valence-corrected chi connectivity index (χ3v) is 3.61. The van der Waals surface area contributed by atoms with Crippen LogP contribution in [-0.2, 0) is 5.60 Å². The largest absolute Gasteiger partial charge is 0.385 e. The molecule has 1 N–H and O–H groups in total. The Bertz CT molecular complexity index is 367. The second-order valence-corrected chi connectivity index (χ2v) is 4.78. The molecule has 3 nitrogen and oxygen atoms in total. The Labute approximate surface area is 96.3 Å². The van der Waals surface area contributed by atoms with Gasteiger partial charge in [-0.15, -0.1) is 0 Å². The summed E-state index contributed by atoms with van der Waals surface area (Å²) in [5.41, 5.74) is 1.34. The summed E-state index contributed by atoms with van der Waals surface area (Å²) in [6.45, 7) is 6.06. The zero-order valence-corrected chi connectivity index (χ0v) is 9.69. The molecule has 1 heterocycles. The van der Waals surface area contributed by atoms with Gasteiger partial charge in [-0.1, -0.05) is 12.2 Å². The molecule has 0 amide bonds. The monoisotopic (exact) mass is 218 g/mol. The minimum Gasteiger partial charge on any atom is -0.385 e. The first-order chi connectivity index (χ1) is 7.62. The molecule has 3 heteroatoms. The molecule has 0 saturated heterocycles. The summed E-state index contributed by atoms with van der Waals surface area (Å²) in [4.78, 5) is 7.94. The van der Waals surface area contributed by atoms with E-state index in [0.717, 1.165) is 31.2 Å². The highest BCUT2D eigenvalue weighted by Crippen LogP contribution is 2.40. The SMILES string of the molecule is C=C(C)C1CCC(O)(c2cncnc2)CC1. The third kappa shape index (κ3) is 2.14. The van der Waals surface area contributed by atoms with Crippen LogP contribution >= 0.6 is 0 Å². The highest BCUT2D eigenvalue weighted by Gasteiger charge is 2.35. The molecular weight excluding hydrogens is 200 g/mol. The number of hydrogen-bond acceptors (Lipinski definition) is 3. The van der Waals surface area contributed by atoms with Crippen LogP contribution in [0.5, 0.6) is 0 Å². The van der Waals surface area contributed by atoms with E-state index in [1.54, 1.807) is 12.4 Å². The minimum atomic E-state index is -0.729. The van der Waals surface area contributed by atoms with Gasteiger partial charge in [-0.05, 0) is 38.5 Å². The van der Waals surface area contributed by atoms with Crippen LogP contribution in [0.15, 0.2) is 30.9 Å². The zero-order valence-electron chi connectivity index (χ0n) is 9.69. The van der Waals surface area contributed by atoms with E-state index in [9.17, 15) is 5.11 Å². The lowest BCUT2D eigenvalue weighted by atomic mass is 9.74. The summed E-state index contributed by atoms with van der Waals surface area (Å²) in [6.07, 6.45) is 8.48. The first kappa shape index (κ1) is 11.3. The Hall–Kier alpha value is -1.22. The molecule has 1 saturated carbocycles. The highest BCUT2D eigenvalue weighted by atomic mass is 16.3. The average molecular weight is 218 g/mol. The fourth-order valence-electron chi connectivity index (χ4n) is 2.42. The van der Waals surface area contributed by atoms with Crippen LogP contribution in [0.25, 0.3) is 0 Å². The van der Waals surface area contributed by atoms with E-state index in [2.05, 4.69) is 23.5 Å². The summed E-state index contributed by atoms with van der Waals surface area (Å²) in [5, 5.41) is 10.5. The second-order valence-electron chi connectivity index (χ2n) is 4.78. The lowest BCUT2D eigenvalue weighted by molar-refractivity contribution is -0.0105. The molecule has 1 aliphatic carbocycles. The van der Waals surface area contributed by atoms with Gasteiger partial charge in [0.1, 0.15) is 6.33 Å². The third-order valence-electron chi connectivity index (χ3n) is 3.61. The first-order valence-electron chi connectivity index (χ1n) is 5.75. The Morgan fingerprint density at radius 1 is 1.38 bits per heavy atom. The van der Waals surface area contributed by atoms with E-state index in [-0.39, 0.29) is 0 Å². The van der Waals surface area contributed by atoms with Crippen LogP contribution in [0.3, 0.4) is 0 Å². The normalized spacial score (nSPS) is 30.0. The van der Waals surface area contributed by atoms with Crippen molar-refractivity contribution >= 4 is 0 Å². The van der Waals surface area contributed by atoms with Gasteiger partial charge in [-0.3, -0.25) is 0 Å². The first-order valence-corrected chi connectivity index (χ1v) is 5.75. The van der Waals surface area contributed by atoms with Crippen LogP contribution in [0.4, 0.5) is 0 Å². The van der Waals surface area contributed by atoms with E-state index < -0.39 is 5.60 Å². The number of allylic oxidation sites excluding steroid dienone is 1. The Kier molecular flexibility index (Phi) is 3.06. The summed E-state index contributed by atoms with van der Waals surface area (Å²) < 4.78 is 0. The smallest absolute Gasteiger partial charge is 0.115 e. The molecule has 0 aromatic carbocycles. The lowest BCUT2D eigenvalue weighted by Crippen LogP contribution is -2.31. The predicted molar refractivity (Wildman–Crippen MR) is 62.7 cm³/mol. The van der Waals surface area contributed by atoms with Crippen molar-refractivity contribution in [3.8, 4) is 0 Å². The number of hydrogen-bond donors (Lipinski definition) is 1. The van der Waals surface area contributed by atoms with Gasteiger partial charge in [0.15, 0.2) is 0 Å². The fourth-order valence-corrected chi connectivity index (χ4v) is 2.42. The molecule has 1 aliphatic rings. The molecular formula is C13H18N2O. The number of aliphatic hydroxyl groups is 1. The van der Waals surface area contributed by atoms with Crippen molar-refractivity contribution in [1.29, 1.82) is 0 Å². The summed E-state index contributed by atoms with van der Waals surface area (Å²) in [6, 6.07) is 0. The molecule has 0 atom stereocenters. The average Bonchev–Trinajstić information content (AvgIpc) is 2.31. The Balaban J connectivity index is 2.10. The lowest BCUT2D eigenvalue weighted by Gasteiger charge is -2.36. The van der Waals surface area contributed by atoms with Crippen LogP contribution in [-0.4, -0.2) is 15.1 Å². The molecule has 0 spiro atoms. The molecule has 0 bridgehead atoms. The molecule has 2 rings (SSSR count). The van der Waals surface area contributed by atoms with E-state index in [0.29, 0.717) is 5.92 Å². The maximum Gasteiger partial charge on any atom is 0.115 e. The molecule has 16 heavy (non-hydrogen) atoms. The molecule has 1 aromatic rings. The van der Waals surface area contributed by atoms with E-state index >= 15 is 0 Å². The topological polar surface area (TPSA) is 46.0 Å². The zero-order chi connectivity index (χ0) is 11.6. The minimum absolute atomic E-state index is 0.560. The van der Waals surface area contributed by atoms with Crippen molar-refractivity contribution < 1.29 is 5.11 Å². The summed E-state index contributed by atoms with van der Waals surface area (Å²) in [5.74, 6) is 0.560. The Morgan fingerprint density at radius 2 is 1.94 bits per heavy atom. The second kappa shape index (κ2) is 4.34. The van der Waals surface area contributed by atoms with Crippen LogP contribution in [0, 0.1) is 5.92 Å². The summed E-state index contributed by atoms with van der Waals surface area (Å²) >= 11 is 0. The van der Waals surface area contributed by atoms with E-state index in [1.807, 2.05) is 0 Å². The van der Waals surface area contributed by atoms with Gasteiger partial charge in [0.05, 0.1) is 5.60 Å². The molecule has 1 fully saturated rings. The van der Waals surface area contributed by atoms with E-state index in [1.165, 1.54) is 11.9 Å². The van der Waals surface area contributed by atoms with Gasteiger partial charge in [0.2, 0.25) is 0 Å². The Morgan fingerprint density at radius 3 is 2.44 bits per heavy atom. The van der Waals surface area contributed by atoms with Crippen molar-refractivity contribution in [1.82, 2.24) is 9.97 Å². The van der Waals surface area contributed by atoms with Crippen LogP contribution in [0.2, 0.25) is 0 Å². The number of rotatable bonds is 2. The molecule has 1 aromatic heterocycles. The van der Waals surface area contributed by atoms with Crippen molar-refractivity contribution in [3.05, 3.63) is 36.4 Å². The molecule has 0 aliphatic heterocycles. The fraction of sp³-hybridized carbons (Fsp3) is 0.538. The van der Waals surface area contributed by atoms with Crippen LogP contribution < -0.4 is 0 Å². The van der Waals surface area contributed by atoms with Gasteiger partial charge < -0.3 is 5.11 Å².